The summed E-state index contributed by atoms with van der Waals surface area (Å²) in [6.07, 6.45) is 1.47. The van der Waals surface area contributed by atoms with Crippen molar-refractivity contribution in [2.45, 2.75) is 20.0 Å². The molecule has 178 valence electrons. The van der Waals surface area contributed by atoms with E-state index >= 15 is 0 Å². The molecule has 0 radical (unpaired) electrons. The molecular weight excluding hydrogens is 476 g/mol. The summed E-state index contributed by atoms with van der Waals surface area (Å²) in [5.74, 6) is -0.645. The van der Waals surface area contributed by atoms with Crippen LogP contribution in [0.5, 0.6) is 11.6 Å². The van der Waals surface area contributed by atoms with Crippen molar-refractivity contribution in [3.05, 3.63) is 104 Å². The van der Waals surface area contributed by atoms with Gasteiger partial charge in [-0.1, -0.05) is 17.7 Å². The number of nitrogens with zero attached hydrogens (tertiary/aromatic N) is 5. The maximum Gasteiger partial charge on any atom is 0.354 e. The van der Waals surface area contributed by atoms with E-state index in [1.165, 1.54) is 29.0 Å². The molecule has 0 spiro atoms. The number of aromatic amines is 1. The molecule has 3 heterocycles. The normalized spacial score (nSPS) is 11.4. The van der Waals surface area contributed by atoms with Crippen LogP contribution in [-0.4, -0.2) is 35.2 Å². The highest BCUT2D eigenvalue weighted by atomic mass is 35.5. The lowest BCUT2D eigenvalue weighted by atomic mass is 10.3. The number of aromatic nitrogens is 5. The Morgan fingerprint density at radius 3 is 2.54 bits per heavy atom. The zero-order valence-electron chi connectivity index (χ0n) is 18.4. The standard InChI is InChI=1S/C23H19ClN6O5/c1-2-29-22(33)28-21(30(23(29)34)13-16-7-6-14(24)12-25-16)26-15-8-10-17(11-9-15)35-19-5-3-4-18(27-19)20(31)32/h3-12H,2,13H2,1H3,(H,31,32)(H,26,28,33). The second-order valence-corrected chi connectivity index (χ2v) is 7.64. The number of pyridine rings is 2. The van der Waals surface area contributed by atoms with Gasteiger partial charge in [0.2, 0.25) is 11.5 Å². The summed E-state index contributed by atoms with van der Waals surface area (Å²) in [4.78, 5) is 51.6. The van der Waals surface area contributed by atoms with E-state index in [0.29, 0.717) is 22.2 Å². The molecule has 0 aliphatic rings. The Labute approximate surface area is 202 Å². The Bertz CT molecular complexity index is 1560. The summed E-state index contributed by atoms with van der Waals surface area (Å²) < 4.78 is 7.98. The number of hydrogen-bond acceptors (Lipinski definition) is 7. The minimum atomic E-state index is -1.16. The van der Waals surface area contributed by atoms with E-state index in [1.54, 1.807) is 43.3 Å². The number of rotatable bonds is 7. The fourth-order valence-electron chi connectivity index (χ4n) is 3.15. The molecule has 0 atom stereocenters. The molecule has 0 amide bonds. The number of nitrogens with one attached hydrogen (secondary N) is 1. The lowest BCUT2D eigenvalue weighted by Gasteiger charge is -2.09. The number of aromatic carboxylic acids is 1. The first-order valence-electron chi connectivity index (χ1n) is 10.4. The van der Waals surface area contributed by atoms with Gasteiger partial charge in [-0.2, -0.15) is 0 Å². The lowest BCUT2D eigenvalue weighted by molar-refractivity contribution is 0.0689. The Morgan fingerprint density at radius 2 is 1.89 bits per heavy atom. The van der Waals surface area contributed by atoms with Gasteiger partial charge in [0, 0.05) is 18.8 Å². The Kier molecular flexibility index (Phi) is 6.88. The summed E-state index contributed by atoms with van der Waals surface area (Å²) in [6, 6.07) is 14.2. The van der Waals surface area contributed by atoms with Crippen molar-refractivity contribution in [3.63, 3.8) is 0 Å². The van der Waals surface area contributed by atoms with Crippen molar-refractivity contribution in [1.29, 1.82) is 0 Å². The van der Waals surface area contributed by atoms with Crippen LogP contribution in [0.15, 0.2) is 75.4 Å². The van der Waals surface area contributed by atoms with Gasteiger partial charge in [0.25, 0.3) is 0 Å². The summed E-state index contributed by atoms with van der Waals surface area (Å²) in [5.41, 5.74) is -0.211. The van der Waals surface area contributed by atoms with Crippen molar-refractivity contribution >= 4 is 23.3 Å². The monoisotopic (exact) mass is 494 g/mol. The summed E-state index contributed by atoms with van der Waals surface area (Å²) >= 11 is 5.90. The SMILES string of the molecule is CCn1c(=O)[nH]/c(=N\c2ccc(Oc3cccc(C(=O)O)n3)cc2)n(Cc2ccc(Cl)cn2)c1=O. The van der Waals surface area contributed by atoms with Crippen molar-refractivity contribution in [1.82, 2.24) is 24.1 Å². The zero-order chi connectivity index (χ0) is 24.9. The molecule has 11 nitrogen and oxygen atoms in total. The first kappa shape index (κ1) is 23.6. The Morgan fingerprint density at radius 1 is 1.11 bits per heavy atom. The molecule has 0 aliphatic carbocycles. The summed E-state index contributed by atoms with van der Waals surface area (Å²) in [7, 11) is 0. The van der Waals surface area contributed by atoms with Gasteiger partial charge in [0.1, 0.15) is 5.75 Å². The van der Waals surface area contributed by atoms with E-state index in [1.807, 2.05) is 0 Å². The number of ether oxygens (including phenoxy) is 1. The van der Waals surface area contributed by atoms with Gasteiger partial charge in [0.05, 0.1) is 22.9 Å². The van der Waals surface area contributed by atoms with Gasteiger partial charge in [-0.05, 0) is 49.4 Å². The third kappa shape index (κ3) is 5.53. The summed E-state index contributed by atoms with van der Waals surface area (Å²) in [6.45, 7) is 1.95. The predicted molar refractivity (Wildman–Crippen MR) is 126 cm³/mol. The second kappa shape index (κ2) is 10.2. The number of carboxylic acids is 1. The van der Waals surface area contributed by atoms with E-state index in [4.69, 9.17) is 21.4 Å². The van der Waals surface area contributed by atoms with Gasteiger partial charge < -0.3 is 9.84 Å². The smallest absolute Gasteiger partial charge is 0.354 e. The first-order chi connectivity index (χ1) is 16.8. The van der Waals surface area contributed by atoms with Crippen LogP contribution in [0.3, 0.4) is 0 Å². The molecule has 4 rings (SSSR count). The maximum absolute atomic E-state index is 13.0. The van der Waals surface area contributed by atoms with Crippen LogP contribution >= 0.6 is 11.6 Å². The summed E-state index contributed by atoms with van der Waals surface area (Å²) in [5, 5.41) is 9.52. The molecule has 4 aromatic rings. The molecule has 0 saturated heterocycles. The quantitative estimate of drug-likeness (QED) is 0.401. The van der Waals surface area contributed by atoms with Crippen LogP contribution in [0, 0.1) is 0 Å². The van der Waals surface area contributed by atoms with Gasteiger partial charge in [-0.15, -0.1) is 0 Å². The number of benzene rings is 1. The molecule has 0 bridgehead atoms. The van der Waals surface area contributed by atoms with Crippen molar-refractivity contribution in [2.75, 3.05) is 0 Å². The number of hydrogen-bond donors (Lipinski definition) is 2. The van der Waals surface area contributed by atoms with Gasteiger partial charge >= 0.3 is 17.3 Å². The van der Waals surface area contributed by atoms with Crippen LogP contribution in [0.2, 0.25) is 5.02 Å². The van der Waals surface area contributed by atoms with E-state index in [2.05, 4.69) is 19.9 Å². The average Bonchev–Trinajstić information content (AvgIpc) is 2.84. The van der Waals surface area contributed by atoms with Gasteiger partial charge in [-0.3, -0.25) is 14.5 Å². The van der Waals surface area contributed by atoms with Crippen LogP contribution in [0.1, 0.15) is 23.1 Å². The molecule has 1 aromatic carbocycles. The van der Waals surface area contributed by atoms with Crippen LogP contribution < -0.4 is 21.7 Å². The lowest BCUT2D eigenvalue weighted by Crippen LogP contribution is -2.49. The molecule has 12 heteroatoms. The number of halogens is 1. The minimum Gasteiger partial charge on any atom is -0.477 e. The third-order valence-electron chi connectivity index (χ3n) is 4.84. The topological polar surface area (TPSA) is 144 Å². The first-order valence-corrected chi connectivity index (χ1v) is 10.8. The fourth-order valence-corrected chi connectivity index (χ4v) is 3.26. The highest BCUT2D eigenvalue weighted by Crippen LogP contribution is 2.22. The van der Waals surface area contributed by atoms with Crippen LogP contribution in [0.25, 0.3) is 0 Å². The van der Waals surface area contributed by atoms with Gasteiger partial charge in [-0.25, -0.2) is 28.9 Å². The van der Waals surface area contributed by atoms with Crippen LogP contribution in [-0.2, 0) is 13.1 Å². The molecule has 2 N–H and O–H groups in total. The largest absolute Gasteiger partial charge is 0.477 e. The Hall–Kier alpha value is -4.51. The van der Waals surface area contributed by atoms with Crippen molar-refractivity contribution in [2.24, 2.45) is 4.99 Å². The third-order valence-corrected chi connectivity index (χ3v) is 5.07. The molecule has 0 unspecified atom stereocenters. The second-order valence-electron chi connectivity index (χ2n) is 7.21. The van der Waals surface area contributed by atoms with Crippen molar-refractivity contribution < 1.29 is 14.6 Å². The maximum atomic E-state index is 13.0. The van der Waals surface area contributed by atoms with Crippen LogP contribution in [0.4, 0.5) is 5.69 Å². The molecule has 3 aromatic heterocycles. The highest BCUT2D eigenvalue weighted by Gasteiger charge is 2.10. The molecule has 0 aliphatic heterocycles. The minimum absolute atomic E-state index is 0.0472. The Balaban J connectivity index is 1.68. The fraction of sp³-hybridized carbons (Fsp3) is 0.130. The van der Waals surface area contributed by atoms with E-state index in [9.17, 15) is 14.4 Å². The average molecular weight is 495 g/mol. The van der Waals surface area contributed by atoms with E-state index in [-0.39, 0.29) is 30.3 Å². The van der Waals surface area contributed by atoms with E-state index < -0.39 is 17.3 Å². The number of carboxylic acid groups (broad SMARTS) is 1. The molecular formula is C23H19ClN6O5. The number of carbonyl (C=O) groups is 1. The molecule has 0 saturated carbocycles. The zero-order valence-corrected chi connectivity index (χ0v) is 19.1. The number of H-pyrrole nitrogens is 1. The highest BCUT2D eigenvalue weighted by molar-refractivity contribution is 6.30. The predicted octanol–water partition coefficient (Wildman–Crippen LogP) is 2.57. The van der Waals surface area contributed by atoms with Gasteiger partial charge in [0.15, 0.2) is 5.69 Å². The molecule has 0 fully saturated rings. The molecule has 35 heavy (non-hydrogen) atoms. The van der Waals surface area contributed by atoms with E-state index in [0.717, 1.165) is 4.57 Å². The van der Waals surface area contributed by atoms with Crippen molar-refractivity contribution in [3.8, 4) is 11.6 Å².